The first-order valence-electron chi connectivity index (χ1n) is 23.3. The number of carboxylic acid groups (broad SMARTS) is 1. The number of hydrogen-bond acceptors (Lipinski definition) is 12. The van der Waals surface area contributed by atoms with Crippen LogP contribution in [0, 0.1) is 35.5 Å². The van der Waals surface area contributed by atoms with E-state index in [4.69, 9.17) is 43.0 Å². The van der Waals surface area contributed by atoms with Gasteiger partial charge in [0.1, 0.15) is 17.9 Å². The molecule has 0 amide bonds. The number of rotatable bonds is 9. The fourth-order valence-electron chi connectivity index (χ4n) is 12.8. The van der Waals surface area contributed by atoms with E-state index in [1.807, 2.05) is 25.2 Å². The Labute approximate surface area is 355 Å². The molecule has 4 N–H and O–H groups in total. The lowest BCUT2D eigenvalue weighted by atomic mass is 9.76. The van der Waals surface area contributed by atoms with E-state index in [2.05, 4.69) is 52.6 Å². The highest BCUT2D eigenvalue weighted by Gasteiger charge is 2.64. The number of carboxylic acids is 1. The second-order valence-corrected chi connectivity index (χ2v) is 20.9. The molecule has 336 valence electrons. The number of allylic oxidation sites excluding steroid dienone is 1. The maximum atomic E-state index is 12.4. The molecule has 3 spiro atoms. The van der Waals surface area contributed by atoms with E-state index in [1.165, 1.54) is 0 Å². The van der Waals surface area contributed by atoms with Gasteiger partial charge in [-0.3, -0.25) is 10.1 Å². The standard InChI is InChI=1S/C47H71NO12/c1-26-18-36-41-38(24-45(58-41)30(5)17-27(2)25-48-45)56-44(22-26,55-36)23-29(4)40-28(3)19-32(7)47(52,59-40)42(51)37-21-35-34(53-37)20-31(6)46(57-35)16-15-43(60-46)14-10-12-33(54-43)11-8-9-13-39(49)50/h8,10-11,14,26-28,30-38,40-42,48,51-52H,4,9,12-13,15-25H2,1-3,5-7H3,(H,49,50)/b11-8+/t26-,27+,28-,30-,31-,32+,33+,34-,35-,36+,37+,38+,40-,41+,42-,43-,44-,45-,46+,47+/m1/s1. The molecule has 0 aromatic rings. The first kappa shape index (κ1) is 43.5. The molecule has 9 rings (SSSR count). The monoisotopic (exact) mass is 841 g/mol. The number of hydrogen-bond donors (Lipinski definition) is 4. The third-order valence-corrected chi connectivity index (χ3v) is 15.9. The largest absolute Gasteiger partial charge is 0.481 e. The molecule has 9 heterocycles. The van der Waals surface area contributed by atoms with Gasteiger partial charge in [0.05, 0.1) is 42.7 Å². The summed E-state index contributed by atoms with van der Waals surface area (Å²) in [6, 6.07) is 0. The molecular weight excluding hydrogens is 771 g/mol. The summed E-state index contributed by atoms with van der Waals surface area (Å²) in [5.41, 5.74) is 0.390. The van der Waals surface area contributed by atoms with Gasteiger partial charge in [-0.05, 0) is 73.8 Å². The first-order chi connectivity index (χ1) is 28.4. The van der Waals surface area contributed by atoms with Crippen LogP contribution in [0.2, 0.25) is 0 Å². The summed E-state index contributed by atoms with van der Waals surface area (Å²) in [6.07, 6.45) is 12.2. The predicted octanol–water partition coefficient (Wildman–Crippen LogP) is 6.26. The lowest BCUT2D eigenvalue weighted by Crippen LogP contribution is -2.62. The van der Waals surface area contributed by atoms with Crippen LogP contribution >= 0.6 is 0 Å². The Morgan fingerprint density at radius 1 is 0.867 bits per heavy atom. The molecule has 0 radical (unpaired) electrons. The van der Waals surface area contributed by atoms with Crippen LogP contribution in [0.3, 0.4) is 0 Å². The third-order valence-electron chi connectivity index (χ3n) is 15.9. The summed E-state index contributed by atoms with van der Waals surface area (Å²) in [5.74, 6) is -4.41. The molecular formula is C47H71NO12. The van der Waals surface area contributed by atoms with Crippen molar-refractivity contribution in [3.05, 3.63) is 36.5 Å². The molecule has 2 bridgehead atoms. The van der Waals surface area contributed by atoms with Crippen molar-refractivity contribution in [2.45, 2.75) is 209 Å². The maximum absolute atomic E-state index is 12.4. The summed E-state index contributed by atoms with van der Waals surface area (Å²) < 4.78 is 54.1. The summed E-state index contributed by atoms with van der Waals surface area (Å²) in [7, 11) is 0. The summed E-state index contributed by atoms with van der Waals surface area (Å²) in [5, 5.41) is 37.3. The van der Waals surface area contributed by atoms with Crippen molar-refractivity contribution in [1.82, 2.24) is 5.32 Å². The number of aliphatic hydroxyl groups is 2. The highest BCUT2D eigenvalue weighted by atomic mass is 16.8. The lowest BCUT2D eigenvalue weighted by Gasteiger charge is -2.53. The zero-order chi connectivity index (χ0) is 42.4. The van der Waals surface area contributed by atoms with E-state index < -0.39 is 53.2 Å². The quantitative estimate of drug-likeness (QED) is 0.193. The van der Waals surface area contributed by atoms with Gasteiger partial charge in [-0.1, -0.05) is 66.3 Å². The van der Waals surface area contributed by atoms with Crippen LogP contribution in [-0.4, -0.2) is 112 Å². The lowest BCUT2D eigenvalue weighted by molar-refractivity contribution is -0.367. The Morgan fingerprint density at radius 2 is 1.67 bits per heavy atom. The van der Waals surface area contributed by atoms with E-state index in [0.717, 1.165) is 37.8 Å². The molecule has 0 aromatic carbocycles. The molecule has 0 saturated carbocycles. The number of aliphatic carboxylic acids is 1. The minimum Gasteiger partial charge on any atom is -0.481 e. The Balaban J connectivity index is 0.846. The summed E-state index contributed by atoms with van der Waals surface area (Å²) in [4.78, 5) is 11.0. The minimum atomic E-state index is -1.88. The maximum Gasteiger partial charge on any atom is 0.303 e. The van der Waals surface area contributed by atoms with E-state index in [0.29, 0.717) is 69.1 Å². The third kappa shape index (κ3) is 7.81. The van der Waals surface area contributed by atoms with Crippen molar-refractivity contribution in [2.24, 2.45) is 35.5 Å². The number of aliphatic hydroxyl groups excluding tert-OH is 1. The van der Waals surface area contributed by atoms with Crippen molar-refractivity contribution >= 4 is 5.97 Å². The van der Waals surface area contributed by atoms with Crippen LogP contribution in [0.25, 0.3) is 0 Å². The van der Waals surface area contributed by atoms with Crippen LogP contribution in [0.1, 0.15) is 125 Å². The van der Waals surface area contributed by atoms with Crippen molar-refractivity contribution in [3.63, 3.8) is 0 Å². The number of ether oxygens (including phenoxy) is 8. The number of fused-ring (bicyclic) bond motifs is 5. The number of carbonyl (C=O) groups is 1. The number of piperidine rings is 1. The van der Waals surface area contributed by atoms with E-state index in [1.54, 1.807) is 0 Å². The fourth-order valence-corrected chi connectivity index (χ4v) is 12.8. The van der Waals surface area contributed by atoms with Crippen LogP contribution in [0.5, 0.6) is 0 Å². The molecule has 13 heteroatoms. The minimum absolute atomic E-state index is 0.0210. The molecule has 9 aliphatic heterocycles. The average Bonchev–Trinajstić information content (AvgIpc) is 3.87. The zero-order valence-electron chi connectivity index (χ0n) is 36.6. The molecule has 0 aliphatic carbocycles. The van der Waals surface area contributed by atoms with Crippen LogP contribution in [0.15, 0.2) is 36.5 Å². The first-order valence-corrected chi connectivity index (χ1v) is 23.3. The predicted molar refractivity (Wildman–Crippen MR) is 219 cm³/mol. The van der Waals surface area contributed by atoms with Gasteiger partial charge in [-0.2, -0.15) is 0 Å². The van der Waals surface area contributed by atoms with Crippen molar-refractivity contribution in [2.75, 3.05) is 6.54 Å². The summed E-state index contributed by atoms with van der Waals surface area (Å²) in [6.45, 7) is 18.5. The van der Waals surface area contributed by atoms with E-state index in [9.17, 15) is 15.0 Å². The Morgan fingerprint density at radius 3 is 2.45 bits per heavy atom. The Hall–Kier alpha value is -1.75. The van der Waals surface area contributed by atoms with E-state index >= 15 is 0 Å². The fraction of sp³-hybridized carbons (Fsp3) is 0.851. The molecule has 8 saturated heterocycles. The van der Waals surface area contributed by atoms with Gasteiger partial charge in [0, 0.05) is 63.3 Å². The Kier molecular flexibility index (Phi) is 11.6. The average molecular weight is 842 g/mol. The SMILES string of the molecule is C=C(C[C@]12C[C@H](C)C[C@H](O1)[C@@H]1O[C@@]3(C[C@@H]1O2)NC[C@@H](C)C[C@H]3C)[C@@H]1O[C@](O)([C@H](O)[C@@H]2C[C@H]3O[C@]4(CC[C@@]5(C=CC[C@H](/C=C/CCC(=O)O)O5)O4)[C@H](C)C[C@H]3O2)[C@@H](C)C[C@H]1C. The van der Waals surface area contributed by atoms with Gasteiger partial charge >= 0.3 is 5.97 Å². The summed E-state index contributed by atoms with van der Waals surface area (Å²) >= 11 is 0. The van der Waals surface area contributed by atoms with Gasteiger partial charge in [0.15, 0.2) is 23.1 Å². The van der Waals surface area contributed by atoms with Gasteiger partial charge in [0.25, 0.3) is 0 Å². The van der Waals surface area contributed by atoms with Crippen molar-refractivity contribution < 1.29 is 58.0 Å². The van der Waals surface area contributed by atoms with Gasteiger partial charge < -0.3 is 53.2 Å². The molecule has 0 aromatic heterocycles. The van der Waals surface area contributed by atoms with Crippen LogP contribution in [0.4, 0.5) is 0 Å². The molecule has 20 atom stereocenters. The highest BCUT2D eigenvalue weighted by Crippen LogP contribution is 2.55. The second-order valence-electron chi connectivity index (χ2n) is 20.9. The Bertz CT molecular complexity index is 1690. The molecule has 8 fully saturated rings. The highest BCUT2D eigenvalue weighted by molar-refractivity contribution is 5.66. The number of nitrogens with one attached hydrogen (secondary N) is 1. The zero-order valence-corrected chi connectivity index (χ0v) is 36.6. The van der Waals surface area contributed by atoms with Crippen LogP contribution < -0.4 is 5.32 Å². The molecule has 0 unspecified atom stereocenters. The van der Waals surface area contributed by atoms with Crippen molar-refractivity contribution in [1.29, 1.82) is 0 Å². The van der Waals surface area contributed by atoms with Gasteiger partial charge in [0.2, 0.25) is 0 Å². The topological polar surface area (TPSA) is 164 Å². The molecule has 9 aliphatic rings. The van der Waals surface area contributed by atoms with E-state index in [-0.39, 0.29) is 60.8 Å². The second kappa shape index (κ2) is 16.0. The smallest absolute Gasteiger partial charge is 0.303 e. The van der Waals surface area contributed by atoms with Crippen LogP contribution in [-0.2, 0) is 42.7 Å². The molecule has 13 nitrogen and oxygen atoms in total. The molecule has 60 heavy (non-hydrogen) atoms. The van der Waals surface area contributed by atoms with Crippen molar-refractivity contribution in [3.8, 4) is 0 Å². The van der Waals surface area contributed by atoms with Gasteiger partial charge in [-0.25, -0.2) is 0 Å². The van der Waals surface area contributed by atoms with Gasteiger partial charge in [-0.15, -0.1) is 0 Å². The normalized spacial score (nSPS) is 52.9.